The van der Waals surface area contributed by atoms with Gasteiger partial charge in [-0.25, -0.2) is 4.57 Å². The smallest absolute Gasteiger partial charge is 0.457 e. The molecule has 0 aliphatic heterocycles. The van der Waals surface area contributed by atoms with Crippen LogP contribution in [0.1, 0.15) is 129 Å². The van der Waals surface area contributed by atoms with Crippen LogP contribution in [0.2, 0.25) is 0 Å². The largest absolute Gasteiger partial charge is 0.472 e. The highest BCUT2D eigenvalue weighted by Crippen LogP contribution is 2.43. The van der Waals surface area contributed by atoms with Crippen LogP contribution in [0.3, 0.4) is 0 Å². The zero-order valence-corrected chi connectivity index (χ0v) is 29.3. The van der Waals surface area contributed by atoms with E-state index in [1.165, 1.54) is 44.9 Å². The Morgan fingerprint density at radius 2 is 1.33 bits per heavy atom. The van der Waals surface area contributed by atoms with Crippen LogP contribution >= 0.6 is 7.82 Å². The van der Waals surface area contributed by atoms with Crippen LogP contribution in [0.15, 0.2) is 24.3 Å². The highest BCUT2D eigenvalue weighted by molar-refractivity contribution is 7.47. The number of allylic oxidation sites excluding steroid dienone is 4. The molecule has 254 valence electrons. The van der Waals surface area contributed by atoms with E-state index in [4.69, 9.17) is 18.5 Å². The number of rotatable bonds is 31. The lowest BCUT2D eigenvalue weighted by Crippen LogP contribution is -2.37. The number of hydrogen-bond donors (Lipinski definition) is 1. The van der Waals surface area contributed by atoms with Crippen LogP contribution < -0.4 is 0 Å². The molecule has 2 atom stereocenters. The first-order chi connectivity index (χ1) is 20.6. The molecule has 0 aromatic rings. The summed E-state index contributed by atoms with van der Waals surface area (Å²) in [7, 11) is 1.65. The van der Waals surface area contributed by atoms with Crippen LogP contribution in [0.5, 0.6) is 0 Å². The third kappa shape index (κ3) is 32.2. The second-order valence-corrected chi connectivity index (χ2v) is 14.0. The summed E-state index contributed by atoms with van der Waals surface area (Å²) < 4.78 is 34.6. The van der Waals surface area contributed by atoms with E-state index < -0.39 is 13.9 Å². The first kappa shape index (κ1) is 42.0. The van der Waals surface area contributed by atoms with Gasteiger partial charge in [0.25, 0.3) is 0 Å². The summed E-state index contributed by atoms with van der Waals surface area (Å²) in [6, 6.07) is 0. The monoisotopic (exact) mass is 632 g/mol. The number of hydrogen-bond acceptors (Lipinski definition) is 6. The molecule has 0 bridgehead atoms. The van der Waals surface area contributed by atoms with Gasteiger partial charge in [-0.3, -0.25) is 13.8 Å². The molecular weight excluding hydrogens is 565 g/mol. The van der Waals surface area contributed by atoms with E-state index in [-0.39, 0.29) is 25.8 Å². The molecule has 0 aliphatic rings. The maximum absolute atomic E-state index is 12.5. The number of carbonyl (C=O) groups excluding carboxylic acids is 1. The number of phosphoric acid groups is 1. The summed E-state index contributed by atoms with van der Waals surface area (Å²) in [5.74, 6) is -0.331. The van der Waals surface area contributed by atoms with E-state index in [1.807, 2.05) is 21.1 Å². The second kappa shape index (κ2) is 28.5. The highest BCUT2D eigenvalue weighted by atomic mass is 31.2. The molecule has 0 heterocycles. The summed E-state index contributed by atoms with van der Waals surface area (Å²) in [5, 5.41) is 0. The lowest BCUT2D eigenvalue weighted by atomic mass is 10.1. The van der Waals surface area contributed by atoms with Crippen LogP contribution in [-0.2, 0) is 27.9 Å². The zero-order valence-electron chi connectivity index (χ0n) is 28.4. The Bertz CT molecular complexity index is 752. The summed E-state index contributed by atoms with van der Waals surface area (Å²) in [4.78, 5) is 22.6. The van der Waals surface area contributed by atoms with Crippen molar-refractivity contribution in [3.63, 3.8) is 0 Å². The van der Waals surface area contributed by atoms with Crippen LogP contribution in [0.4, 0.5) is 0 Å². The van der Waals surface area contributed by atoms with Crippen LogP contribution in [-0.4, -0.2) is 75.6 Å². The van der Waals surface area contributed by atoms with Crippen molar-refractivity contribution in [1.82, 2.24) is 0 Å². The van der Waals surface area contributed by atoms with E-state index in [2.05, 4.69) is 38.2 Å². The van der Waals surface area contributed by atoms with E-state index >= 15 is 0 Å². The molecule has 0 rings (SSSR count). The van der Waals surface area contributed by atoms with Crippen molar-refractivity contribution in [2.75, 3.05) is 54.1 Å². The van der Waals surface area contributed by atoms with Crippen molar-refractivity contribution in [1.29, 1.82) is 0 Å². The molecule has 0 amide bonds. The zero-order chi connectivity index (χ0) is 32.1. The topological polar surface area (TPSA) is 91.3 Å². The average molecular weight is 633 g/mol. The Labute approximate surface area is 264 Å². The highest BCUT2D eigenvalue weighted by Gasteiger charge is 2.26. The minimum absolute atomic E-state index is 0.0867. The summed E-state index contributed by atoms with van der Waals surface area (Å²) in [5.41, 5.74) is 0. The average Bonchev–Trinajstić information content (AvgIpc) is 2.94. The third-order valence-electron chi connectivity index (χ3n) is 7.00. The fourth-order valence-corrected chi connectivity index (χ4v) is 5.04. The molecule has 8 nitrogen and oxygen atoms in total. The number of quaternary nitrogens is 1. The Balaban J connectivity index is 4.36. The van der Waals surface area contributed by atoms with Crippen molar-refractivity contribution in [3.05, 3.63) is 24.3 Å². The number of likely N-dealkylation sites (N-methyl/N-ethyl adjacent to an activating group) is 1. The summed E-state index contributed by atoms with van der Waals surface area (Å²) in [6.45, 7) is 5.50. The maximum atomic E-state index is 12.5. The first-order valence-electron chi connectivity index (χ1n) is 17.1. The number of carbonyl (C=O) groups is 1. The predicted octanol–water partition coefficient (Wildman–Crippen LogP) is 8.93. The Hall–Kier alpha value is -1.02. The molecule has 2 unspecified atom stereocenters. The van der Waals surface area contributed by atoms with Gasteiger partial charge in [-0.2, -0.15) is 0 Å². The molecule has 0 aliphatic carbocycles. The third-order valence-corrected chi connectivity index (χ3v) is 7.98. The van der Waals surface area contributed by atoms with Gasteiger partial charge in [0.05, 0.1) is 34.4 Å². The molecule has 9 heteroatoms. The van der Waals surface area contributed by atoms with Crippen molar-refractivity contribution in [3.8, 4) is 0 Å². The lowest BCUT2D eigenvalue weighted by Gasteiger charge is -2.24. The standard InChI is InChI=1S/C34H66NO7P/c1-6-8-10-12-14-16-17-18-19-20-21-23-25-27-34(36)42-33(31-39-29-26-24-22-15-13-11-9-7-2)32-41-43(37,38)40-30-28-35(3,4)5/h10,12,16-17,33H,6-9,11,13-15,18-32H2,1-5H3/p+1/b12-10-,17-16-. The predicted molar refractivity (Wildman–Crippen MR) is 178 cm³/mol. The Kier molecular flexibility index (Phi) is 27.8. The molecule has 0 aromatic carbocycles. The number of esters is 1. The molecule has 1 N–H and O–H groups in total. The number of nitrogens with zero attached hydrogens (tertiary/aromatic N) is 1. The molecular formula is C34H67NO7P+. The quantitative estimate of drug-likeness (QED) is 0.0268. The fraction of sp³-hybridized carbons (Fsp3) is 0.853. The minimum Gasteiger partial charge on any atom is -0.457 e. The normalized spacial score (nSPS) is 14.5. The van der Waals surface area contributed by atoms with Crippen molar-refractivity contribution >= 4 is 13.8 Å². The van der Waals surface area contributed by atoms with Gasteiger partial charge in [0.1, 0.15) is 19.3 Å². The van der Waals surface area contributed by atoms with E-state index in [0.29, 0.717) is 24.1 Å². The van der Waals surface area contributed by atoms with Gasteiger partial charge >= 0.3 is 13.8 Å². The molecule has 0 radical (unpaired) electrons. The summed E-state index contributed by atoms with van der Waals surface area (Å²) in [6.07, 6.45) is 27.7. The van der Waals surface area contributed by atoms with E-state index in [0.717, 1.165) is 64.2 Å². The molecule has 0 fully saturated rings. The number of unbranched alkanes of at least 4 members (excludes halogenated alkanes) is 13. The second-order valence-electron chi connectivity index (χ2n) is 12.5. The van der Waals surface area contributed by atoms with Crippen molar-refractivity contribution in [2.45, 2.75) is 136 Å². The van der Waals surface area contributed by atoms with Gasteiger partial charge in [-0.15, -0.1) is 0 Å². The lowest BCUT2D eigenvalue weighted by molar-refractivity contribution is -0.870. The maximum Gasteiger partial charge on any atom is 0.472 e. The van der Waals surface area contributed by atoms with Gasteiger partial charge in [0.15, 0.2) is 0 Å². The van der Waals surface area contributed by atoms with E-state index in [1.54, 1.807) is 0 Å². The number of phosphoric ester groups is 1. The van der Waals surface area contributed by atoms with Crippen molar-refractivity contribution < 1.29 is 37.3 Å². The van der Waals surface area contributed by atoms with Crippen LogP contribution in [0.25, 0.3) is 0 Å². The van der Waals surface area contributed by atoms with Gasteiger partial charge in [0.2, 0.25) is 0 Å². The molecule has 0 saturated heterocycles. The summed E-state index contributed by atoms with van der Waals surface area (Å²) >= 11 is 0. The number of ether oxygens (including phenoxy) is 2. The SMILES string of the molecule is CCC/C=C\C/C=C\CCCCCCCC(=O)OC(COCCCCCCCCCC)COP(=O)(O)OCC[N+](C)(C)C. The first-order valence-corrected chi connectivity index (χ1v) is 18.6. The fourth-order valence-electron chi connectivity index (χ4n) is 4.29. The Morgan fingerprint density at radius 3 is 1.98 bits per heavy atom. The molecule has 43 heavy (non-hydrogen) atoms. The molecule has 0 spiro atoms. The van der Waals surface area contributed by atoms with Gasteiger partial charge < -0.3 is 18.9 Å². The Morgan fingerprint density at radius 1 is 0.721 bits per heavy atom. The van der Waals surface area contributed by atoms with Gasteiger partial charge in [-0.05, 0) is 38.5 Å². The van der Waals surface area contributed by atoms with Gasteiger partial charge in [-0.1, -0.05) is 109 Å². The van der Waals surface area contributed by atoms with Gasteiger partial charge in [0, 0.05) is 13.0 Å². The van der Waals surface area contributed by atoms with E-state index in [9.17, 15) is 14.3 Å². The van der Waals surface area contributed by atoms with Crippen LogP contribution in [0, 0.1) is 0 Å². The molecule has 0 saturated carbocycles. The minimum atomic E-state index is -4.26. The molecule has 0 aromatic heterocycles. The van der Waals surface area contributed by atoms with Crippen molar-refractivity contribution in [2.24, 2.45) is 0 Å².